The maximum absolute atomic E-state index is 12.7. The molecular formula is C21H18Cl2N4O2. The first-order chi connectivity index (χ1) is 13.9. The van der Waals surface area contributed by atoms with Gasteiger partial charge in [-0.05, 0) is 30.3 Å². The average molecular weight is 429 g/mol. The van der Waals surface area contributed by atoms with Crippen molar-refractivity contribution in [2.24, 2.45) is 0 Å². The van der Waals surface area contributed by atoms with Gasteiger partial charge in [0.1, 0.15) is 12.2 Å². The molecule has 0 fully saturated rings. The van der Waals surface area contributed by atoms with Crippen molar-refractivity contribution >= 4 is 45.7 Å². The van der Waals surface area contributed by atoms with E-state index in [4.69, 9.17) is 27.6 Å². The third-order valence-electron chi connectivity index (χ3n) is 4.47. The molecule has 4 aromatic rings. The van der Waals surface area contributed by atoms with Crippen molar-refractivity contribution in [3.63, 3.8) is 0 Å². The molecule has 0 bridgehead atoms. The van der Waals surface area contributed by atoms with Crippen LogP contribution in [-0.2, 0) is 11.3 Å². The standard InChI is InChI=1S/C21H18Cl2N4O2/c1-12(2)20-25-26-21(29-20)18-9-13-5-3-4-6-17(13)27(18)11-19(28)24-14-7-8-15(22)16(23)10-14/h3-10,12H,11H2,1-2H3,(H,24,28). The predicted octanol–water partition coefficient (Wildman–Crippen LogP) is 5.76. The van der Waals surface area contributed by atoms with Crippen LogP contribution in [0.25, 0.3) is 22.5 Å². The zero-order chi connectivity index (χ0) is 20.5. The van der Waals surface area contributed by atoms with E-state index < -0.39 is 0 Å². The Labute approximate surface area is 177 Å². The molecule has 0 unspecified atom stereocenters. The Bertz CT molecular complexity index is 1200. The molecule has 0 atom stereocenters. The Morgan fingerprint density at radius 1 is 1.10 bits per heavy atom. The zero-order valence-corrected chi connectivity index (χ0v) is 17.3. The second-order valence-electron chi connectivity index (χ2n) is 6.95. The van der Waals surface area contributed by atoms with Crippen molar-refractivity contribution in [3.8, 4) is 11.6 Å². The summed E-state index contributed by atoms with van der Waals surface area (Å²) >= 11 is 12.0. The van der Waals surface area contributed by atoms with Gasteiger partial charge in [0, 0.05) is 22.5 Å². The summed E-state index contributed by atoms with van der Waals surface area (Å²) in [6, 6.07) is 14.7. The van der Waals surface area contributed by atoms with Gasteiger partial charge in [-0.25, -0.2) is 0 Å². The van der Waals surface area contributed by atoms with E-state index >= 15 is 0 Å². The maximum atomic E-state index is 12.7. The molecule has 0 saturated carbocycles. The van der Waals surface area contributed by atoms with E-state index in [0.717, 1.165) is 10.9 Å². The summed E-state index contributed by atoms with van der Waals surface area (Å²) in [7, 11) is 0. The van der Waals surface area contributed by atoms with Gasteiger partial charge in [0.05, 0.1) is 10.0 Å². The Morgan fingerprint density at radius 3 is 2.62 bits per heavy atom. The minimum atomic E-state index is -0.213. The number of nitrogens with one attached hydrogen (secondary N) is 1. The highest BCUT2D eigenvalue weighted by Crippen LogP contribution is 2.29. The van der Waals surface area contributed by atoms with Gasteiger partial charge in [-0.2, -0.15) is 0 Å². The maximum Gasteiger partial charge on any atom is 0.264 e. The number of anilines is 1. The van der Waals surface area contributed by atoms with Crippen molar-refractivity contribution in [2.45, 2.75) is 26.3 Å². The molecule has 2 aromatic heterocycles. The summed E-state index contributed by atoms with van der Waals surface area (Å²) in [6.07, 6.45) is 0. The number of aromatic nitrogens is 3. The lowest BCUT2D eigenvalue weighted by Crippen LogP contribution is -2.19. The van der Waals surface area contributed by atoms with Gasteiger partial charge >= 0.3 is 0 Å². The molecule has 2 heterocycles. The van der Waals surface area contributed by atoms with Gasteiger partial charge in [-0.3, -0.25) is 4.79 Å². The number of carbonyl (C=O) groups excluding carboxylic acids is 1. The normalized spacial score (nSPS) is 11.3. The lowest BCUT2D eigenvalue weighted by Gasteiger charge is -2.10. The van der Waals surface area contributed by atoms with Crippen molar-refractivity contribution in [2.75, 3.05) is 5.32 Å². The summed E-state index contributed by atoms with van der Waals surface area (Å²) in [4.78, 5) is 12.7. The van der Waals surface area contributed by atoms with Gasteiger partial charge in [0.15, 0.2) is 0 Å². The van der Waals surface area contributed by atoms with Crippen LogP contribution in [0.4, 0.5) is 5.69 Å². The molecule has 2 aromatic carbocycles. The lowest BCUT2D eigenvalue weighted by molar-refractivity contribution is -0.116. The Kier molecular flexibility index (Phi) is 5.30. The van der Waals surface area contributed by atoms with Crippen molar-refractivity contribution in [1.29, 1.82) is 0 Å². The molecule has 0 spiro atoms. The van der Waals surface area contributed by atoms with Crippen molar-refractivity contribution in [1.82, 2.24) is 14.8 Å². The van der Waals surface area contributed by atoms with E-state index in [1.54, 1.807) is 18.2 Å². The average Bonchev–Trinajstić information content (AvgIpc) is 3.30. The van der Waals surface area contributed by atoms with E-state index in [0.29, 0.717) is 33.2 Å². The van der Waals surface area contributed by atoms with Crippen molar-refractivity contribution in [3.05, 3.63) is 64.5 Å². The van der Waals surface area contributed by atoms with E-state index in [1.165, 1.54) is 0 Å². The van der Waals surface area contributed by atoms with Crippen LogP contribution in [0.1, 0.15) is 25.7 Å². The molecule has 4 rings (SSSR count). The molecule has 6 nitrogen and oxygen atoms in total. The van der Waals surface area contributed by atoms with Gasteiger partial charge in [-0.15, -0.1) is 10.2 Å². The number of halogens is 2. The van der Waals surface area contributed by atoms with Crippen LogP contribution >= 0.6 is 23.2 Å². The summed E-state index contributed by atoms with van der Waals surface area (Å²) in [5.74, 6) is 0.839. The topological polar surface area (TPSA) is 73.0 Å². The largest absolute Gasteiger partial charge is 0.419 e. The molecule has 29 heavy (non-hydrogen) atoms. The van der Waals surface area contributed by atoms with Crippen LogP contribution in [0, 0.1) is 0 Å². The number of hydrogen-bond donors (Lipinski definition) is 1. The lowest BCUT2D eigenvalue weighted by atomic mass is 10.2. The third kappa shape index (κ3) is 3.99. The van der Waals surface area contributed by atoms with E-state index in [-0.39, 0.29) is 18.4 Å². The number of amides is 1. The van der Waals surface area contributed by atoms with E-state index in [2.05, 4.69) is 15.5 Å². The van der Waals surface area contributed by atoms with Crippen LogP contribution in [0.5, 0.6) is 0 Å². The number of para-hydroxylation sites is 1. The molecule has 0 saturated heterocycles. The Morgan fingerprint density at radius 2 is 1.90 bits per heavy atom. The number of hydrogen-bond acceptors (Lipinski definition) is 4. The highest BCUT2D eigenvalue weighted by atomic mass is 35.5. The first-order valence-corrected chi connectivity index (χ1v) is 9.85. The third-order valence-corrected chi connectivity index (χ3v) is 5.21. The second-order valence-corrected chi connectivity index (χ2v) is 7.77. The number of benzene rings is 2. The van der Waals surface area contributed by atoms with Gasteiger partial charge in [-0.1, -0.05) is 55.2 Å². The van der Waals surface area contributed by atoms with Gasteiger partial charge in [0.25, 0.3) is 5.89 Å². The Hall–Kier alpha value is -2.83. The molecule has 8 heteroatoms. The van der Waals surface area contributed by atoms with E-state index in [1.807, 2.05) is 48.7 Å². The second kappa shape index (κ2) is 7.89. The first kappa shape index (κ1) is 19.5. The van der Waals surface area contributed by atoms with Crippen LogP contribution in [0.3, 0.4) is 0 Å². The van der Waals surface area contributed by atoms with Gasteiger partial charge in [0.2, 0.25) is 11.8 Å². The monoisotopic (exact) mass is 428 g/mol. The van der Waals surface area contributed by atoms with Crippen LogP contribution in [0.2, 0.25) is 10.0 Å². The Balaban J connectivity index is 1.68. The quantitative estimate of drug-likeness (QED) is 0.438. The van der Waals surface area contributed by atoms with Crippen molar-refractivity contribution < 1.29 is 9.21 Å². The molecule has 0 aliphatic rings. The summed E-state index contributed by atoms with van der Waals surface area (Å²) in [5, 5.41) is 12.9. The summed E-state index contributed by atoms with van der Waals surface area (Å²) < 4.78 is 7.68. The molecule has 0 radical (unpaired) electrons. The zero-order valence-electron chi connectivity index (χ0n) is 15.8. The van der Waals surface area contributed by atoms with Crippen LogP contribution < -0.4 is 5.32 Å². The molecule has 1 N–H and O–H groups in total. The molecule has 1 amide bonds. The molecule has 0 aliphatic heterocycles. The fourth-order valence-electron chi connectivity index (χ4n) is 3.05. The first-order valence-electron chi connectivity index (χ1n) is 9.09. The summed E-state index contributed by atoms with van der Waals surface area (Å²) in [6.45, 7) is 4.04. The fourth-order valence-corrected chi connectivity index (χ4v) is 3.35. The predicted molar refractivity (Wildman–Crippen MR) is 114 cm³/mol. The molecular weight excluding hydrogens is 411 g/mol. The molecule has 0 aliphatic carbocycles. The van der Waals surface area contributed by atoms with E-state index in [9.17, 15) is 4.79 Å². The minimum absolute atomic E-state index is 0.0719. The highest BCUT2D eigenvalue weighted by Gasteiger charge is 2.19. The highest BCUT2D eigenvalue weighted by molar-refractivity contribution is 6.42. The number of nitrogens with zero attached hydrogens (tertiary/aromatic N) is 3. The smallest absolute Gasteiger partial charge is 0.264 e. The summed E-state index contributed by atoms with van der Waals surface area (Å²) in [5.41, 5.74) is 2.16. The SMILES string of the molecule is CC(C)c1nnc(-c2cc3ccccc3n2CC(=O)Nc2ccc(Cl)c(Cl)c2)o1. The number of rotatable bonds is 5. The van der Waals surface area contributed by atoms with Crippen LogP contribution in [0.15, 0.2) is 52.9 Å². The minimum Gasteiger partial charge on any atom is -0.419 e. The molecule has 148 valence electrons. The van der Waals surface area contributed by atoms with Gasteiger partial charge < -0.3 is 14.3 Å². The fraction of sp³-hybridized carbons (Fsp3) is 0.190. The number of fused-ring (bicyclic) bond motifs is 1. The van der Waals surface area contributed by atoms with Crippen LogP contribution in [-0.4, -0.2) is 20.7 Å². The number of carbonyl (C=O) groups is 1.